The standard InChI is InChI=1S/C19H21N5O5S/c1-10-3-4-15(30(26,27)24-28-14-6-13(25)7-14)8-16(10)12-5-17(18(20)21-9-12)19-22-11(2)23-29-19/h3-5,8-9,13-14,24-25H,6-7H2,1-2H3,(H2,20,21). The first kappa shape index (κ1) is 20.4. The molecule has 1 saturated carbocycles. The van der Waals surface area contributed by atoms with E-state index in [1.54, 1.807) is 25.3 Å². The monoisotopic (exact) mass is 431 g/mol. The molecule has 1 aliphatic carbocycles. The number of nitrogen functional groups attached to an aromatic ring is 1. The molecule has 0 spiro atoms. The third-order valence-corrected chi connectivity index (χ3v) is 6.09. The lowest BCUT2D eigenvalue weighted by Crippen LogP contribution is -2.40. The smallest absolute Gasteiger partial charge is 0.262 e. The maximum absolute atomic E-state index is 12.6. The van der Waals surface area contributed by atoms with Crippen LogP contribution in [0.1, 0.15) is 24.2 Å². The van der Waals surface area contributed by atoms with Crippen molar-refractivity contribution in [2.75, 3.05) is 5.73 Å². The number of hydrogen-bond acceptors (Lipinski definition) is 9. The fourth-order valence-corrected chi connectivity index (χ4v) is 3.97. The molecule has 0 saturated heterocycles. The van der Waals surface area contributed by atoms with E-state index in [0.717, 1.165) is 5.56 Å². The van der Waals surface area contributed by atoms with Gasteiger partial charge in [-0.1, -0.05) is 16.1 Å². The van der Waals surface area contributed by atoms with Gasteiger partial charge in [0, 0.05) is 24.6 Å². The summed E-state index contributed by atoms with van der Waals surface area (Å²) in [5, 5.41) is 13.1. The molecule has 3 aromatic rings. The summed E-state index contributed by atoms with van der Waals surface area (Å²) >= 11 is 0. The maximum atomic E-state index is 12.6. The van der Waals surface area contributed by atoms with Gasteiger partial charge in [-0.2, -0.15) is 4.98 Å². The number of nitrogens with zero attached hydrogens (tertiary/aromatic N) is 3. The summed E-state index contributed by atoms with van der Waals surface area (Å²) in [5.74, 6) is 0.921. The third kappa shape index (κ3) is 4.05. The van der Waals surface area contributed by atoms with Gasteiger partial charge in [-0.05, 0) is 43.2 Å². The van der Waals surface area contributed by atoms with E-state index < -0.39 is 16.1 Å². The van der Waals surface area contributed by atoms with Crippen LogP contribution >= 0.6 is 0 Å². The maximum Gasteiger partial charge on any atom is 0.262 e. The van der Waals surface area contributed by atoms with E-state index >= 15 is 0 Å². The summed E-state index contributed by atoms with van der Waals surface area (Å²) in [4.78, 5) is 15.7. The summed E-state index contributed by atoms with van der Waals surface area (Å²) in [7, 11) is -3.90. The number of benzene rings is 1. The number of aryl methyl sites for hydroxylation is 2. The zero-order chi connectivity index (χ0) is 21.5. The zero-order valence-corrected chi connectivity index (χ0v) is 17.2. The molecule has 1 fully saturated rings. The minimum Gasteiger partial charge on any atom is -0.393 e. The zero-order valence-electron chi connectivity index (χ0n) is 16.4. The van der Waals surface area contributed by atoms with Crippen LogP contribution < -0.4 is 10.6 Å². The molecule has 4 N–H and O–H groups in total. The number of nitrogens with one attached hydrogen (secondary N) is 1. The van der Waals surface area contributed by atoms with Gasteiger partial charge in [-0.25, -0.2) is 13.4 Å². The van der Waals surface area contributed by atoms with Crippen LogP contribution in [0.5, 0.6) is 0 Å². The van der Waals surface area contributed by atoms with Crippen molar-refractivity contribution in [3.63, 3.8) is 0 Å². The van der Waals surface area contributed by atoms with Crippen LogP contribution in [0.4, 0.5) is 5.82 Å². The highest BCUT2D eigenvalue weighted by Crippen LogP contribution is 2.31. The number of aliphatic hydroxyl groups excluding tert-OH is 1. The Morgan fingerprint density at radius 3 is 2.67 bits per heavy atom. The average Bonchev–Trinajstić information content (AvgIpc) is 3.11. The third-order valence-electron chi connectivity index (χ3n) is 4.90. The molecule has 0 aliphatic heterocycles. The molecule has 0 bridgehead atoms. The van der Waals surface area contributed by atoms with Gasteiger partial charge < -0.3 is 15.4 Å². The Hall–Kier alpha value is -2.86. The van der Waals surface area contributed by atoms with Crippen molar-refractivity contribution in [1.29, 1.82) is 0 Å². The molecule has 30 heavy (non-hydrogen) atoms. The van der Waals surface area contributed by atoms with Gasteiger partial charge in [0.1, 0.15) is 5.82 Å². The van der Waals surface area contributed by atoms with E-state index in [1.165, 1.54) is 12.1 Å². The molecule has 4 rings (SSSR count). The van der Waals surface area contributed by atoms with Crippen molar-refractivity contribution in [3.05, 3.63) is 41.9 Å². The molecule has 0 unspecified atom stereocenters. The van der Waals surface area contributed by atoms with Gasteiger partial charge in [-0.3, -0.25) is 4.84 Å². The molecule has 0 atom stereocenters. The Morgan fingerprint density at radius 2 is 2.00 bits per heavy atom. The number of pyridine rings is 1. The second-order valence-electron chi connectivity index (χ2n) is 7.23. The van der Waals surface area contributed by atoms with Crippen molar-refractivity contribution in [2.45, 2.75) is 43.8 Å². The van der Waals surface area contributed by atoms with Gasteiger partial charge in [-0.15, -0.1) is 0 Å². The molecule has 2 aromatic heterocycles. The van der Waals surface area contributed by atoms with E-state index in [4.69, 9.17) is 15.1 Å². The van der Waals surface area contributed by atoms with Crippen LogP contribution in [0.3, 0.4) is 0 Å². The van der Waals surface area contributed by atoms with E-state index in [9.17, 15) is 13.5 Å². The molecule has 11 heteroatoms. The number of hydrogen-bond donors (Lipinski definition) is 3. The molecular formula is C19H21N5O5S. The molecule has 1 aliphatic rings. The van der Waals surface area contributed by atoms with Crippen LogP contribution in [0.15, 0.2) is 39.9 Å². The fraction of sp³-hybridized carbons (Fsp3) is 0.316. The predicted octanol–water partition coefficient (Wildman–Crippen LogP) is 1.73. The summed E-state index contributed by atoms with van der Waals surface area (Å²) in [6.07, 6.45) is 1.58. The first-order valence-corrected chi connectivity index (χ1v) is 10.7. The minimum atomic E-state index is -3.90. The van der Waals surface area contributed by atoms with Crippen molar-refractivity contribution in [1.82, 2.24) is 20.0 Å². The van der Waals surface area contributed by atoms with Gasteiger partial charge in [0.05, 0.1) is 22.7 Å². The lowest BCUT2D eigenvalue weighted by atomic mass is 9.93. The SMILES string of the molecule is Cc1noc(-c2cc(-c3cc(S(=O)(=O)NOC4CC(O)C4)ccc3C)cnc2N)n1. The Morgan fingerprint density at radius 1 is 1.23 bits per heavy atom. The second kappa shape index (κ2) is 7.76. The van der Waals surface area contributed by atoms with E-state index in [-0.39, 0.29) is 22.7 Å². The van der Waals surface area contributed by atoms with E-state index in [0.29, 0.717) is 35.4 Å². The first-order valence-electron chi connectivity index (χ1n) is 9.25. The molecule has 158 valence electrons. The van der Waals surface area contributed by atoms with Crippen molar-refractivity contribution >= 4 is 15.8 Å². The predicted molar refractivity (Wildman–Crippen MR) is 107 cm³/mol. The van der Waals surface area contributed by atoms with Gasteiger partial charge in [0.15, 0.2) is 5.82 Å². The summed E-state index contributed by atoms with van der Waals surface area (Å²) in [5.41, 5.74) is 8.57. The second-order valence-corrected chi connectivity index (χ2v) is 8.88. The topological polar surface area (TPSA) is 153 Å². The van der Waals surface area contributed by atoms with E-state index in [1.807, 2.05) is 6.92 Å². The Bertz CT molecular complexity index is 1190. The van der Waals surface area contributed by atoms with Crippen molar-refractivity contribution < 1.29 is 22.9 Å². The lowest BCUT2D eigenvalue weighted by Gasteiger charge is -2.30. The van der Waals surface area contributed by atoms with Crippen molar-refractivity contribution in [2.24, 2.45) is 0 Å². The minimum absolute atomic E-state index is 0.0370. The van der Waals surface area contributed by atoms with Crippen LogP contribution in [0.25, 0.3) is 22.6 Å². The Balaban J connectivity index is 1.65. The molecule has 2 heterocycles. The first-order chi connectivity index (χ1) is 14.2. The van der Waals surface area contributed by atoms with Crippen LogP contribution in [0.2, 0.25) is 0 Å². The normalized spacial score (nSPS) is 18.9. The quantitative estimate of drug-likeness (QED) is 0.495. The number of sulfonamides is 1. The summed E-state index contributed by atoms with van der Waals surface area (Å²) in [6, 6.07) is 6.46. The van der Waals surface area contributed by atoms with Gasteiger partial charge in [0.25, 0.3) is 15.9 Å². The molecule has 0 amide bonds. The Labute approximate surface area is 173 Å². The molecule has 1 aromatic carbocycles. The highest BCUT2D eigenvalue weighted by molar-refractivity contribution is 7.89. The summed E-state index contributed by atoms with van der Waals surface area (Å²) < 4.78 is 30.4. The van der Waals surface area contributed by atoms with Crippen LogP contribution in [0, 0.1) is 13.8 Å². The van der Waals surface area contributed by atoms with E-state index in [2.05, 4.69) is 20.0 Å². The molecule has 0 radical (unpaired) electrons. The lowest BCUT2D eigenvalue weighted by molar-refractivity contribution is -0.0901. The van der Waals surface area contributed by atoms with Crippen molar-refractivity contribution in [3.8, 4) is 22.6 Å². The number of aliphatic hydroxyl groups is 1. The number of aromatic nitrogens is 3. The van der Waals surface area contributed by atoms with Crippen LogP contribution in [-0.2, 0) is 14.9 Å². The van der Waals surface area contributed by atoms with Crippen LogP contribution in [-0.4, -0.2) is 40.9 Å². The number of nitrogens with two attached hydrogens (primary N) is 1. The summed E-state index contributed by atoms with van der Waals surface area (Å²) in [6.45, 7) is 3.55. The average molecular weight is 431 g/mol. The number of anilines is 1. The largest absolute Gasteiger partial charge is 0.393 e. The molecule has 10 nitrogen and oxygen atoms in total. The molecular weight excluding hydrogens is 410 g/mol. The van der Waals surface area contributed by atoms with Gasteiger partial charge in [0.2, 0.25) is 0 Å². The number of rotatable bonds is 6. The Kier molecular flexibility index (Phi) is 5.28. The highest BCUT2D eigenvalue weighted by Gasteiger charge is 2.30. The van der Waals surface area contributed by atoms with Gasteiger partial charge >= 0.3 is 0 Å². The fourth-order valence-electron chi connectivity index (χ4n) is 3.09. The highest BCUT2D eigenvalue weighted by atomic mass is 32.2.